The maximum Gasteiger partial charge on any atom is 0.257 e. The number of rotatable bonds is 4. The highest BCUT2D eigenvalue weighted by molar-refractivity contribution is 5.95. The lowest BCUT2D eigenvalue weighted by atomic mass is 10.00. The Morgan fingerprint density at radius 3 is 2.50 bits per heavy atom. The van der Waals surface area contributed by atoms with Gasteiger partial charge in [-0.05, 0) is 62.1 Å². The van der Waals surface area contributed by atoms with Crippen LogP contribution in [0.5, 0.6) is 0 Å². The van der Waals surface area contributed by atoms with Crippen molar-refractivity contribution in [2.45, 2.75) is 71.1 Å². The van der Waals surface area contributed by atoms with Gasteiger partial charge < -0.3 is 15.1 Å². The van der Waals surface area contributed by atoms with Crippen LogP contribution in [0.2, 0.25) is 0 Å². The number of nitrogens with zero attached hydrogens (tertiary/aromatic N) is 5. The lowest BCUT2D eigenvalue weighted by molar-refractivity contribution is 0.0661. The Labute approximate surface area is 238 Å². The van der Waals surface area contributed by atoms with E-state index in [9.17, 15) is 4.79 Å². The van der Waals surface area contributed by atoms with Gasteiger partial charge >= 0.3 is 0 Å². The van der Waals surface area contributed by atoms with Crippen molar-refractivity contribution in [1.29, 1.82) is 0 Å². The standard InChI is InChI=1S/C33H42N6O/c1-24-15-18-37(19-16-24)33-35-20-30(25(2)36-33)32(40)38-22-27-10-6-7-11-31(27)34-17-14-28-12-13-29(23-38)39(28)21-26-8-4-3-5-9-26/h3-11,20,24,28-29,34H,12-19,21-23H2,1-2H3/t28-,29+/m0/s1. The summed E-state index contributed by atoms with van der Waals surface area (Å²) < 4.78 is 0. The summed E-state index contributed by atoms with van der Waals surface area (Å²) in [6.07, 6.45) is 7.44. The number of hydrogen-bond acceptors (Lipinski definition) is 6. The van der Waals surface area contributed by atoms with Crippen LogP contribution in [0.4, 0.5) is 11.6 Å². The van der Waals surface area contributed by atoms with E-state index < -0.39 is 0 Å². The number of hydrogen-bond donors (Lipinski definition) is 1. The van der Waals surface area contributed by atoms with E-state index in [0.29, 0.717) is 30.7 Å². The van der Waals surface area contributed by atoms with Gasteiger partial charge in [-0.15, -0.1) is 0 Å². The average Bonchev–Trinajstić information content (AvgIpc) is 3.33. The second-order valence-electron chi connectivity index (χ2n) is 11.9. The molecule has 2 bridgehead atoms. The Bertz CT molecular complexity index is 1310. The molecule has 2 fully saturated rings. The summed E-state index contributed by atoms with van der Waals surface area (Å²) in [4.78, 5) is 30.7. The molecule has 3 aromatic rings. The highest BCUT2D eigenvalue weighted by atomic mass is 16.2. The molecule has 3 aliphatic heterocycles. The van der Waals surface area contributed by atoms with Crippen molar-refractivity contribution in [3.05, 3.63) is 83.2 Å². The van der Waals surface area contributed by atoms with E-state index in [1.807, 2.05) is 11.8 Å². The van der Waals surface area contributed by atoms with Crippen LogP contribution in [0, 0.1) is 12.8 Å². The third-order valence-corrected chi connectivity index (χ3v) is 9.13. The SMILES string of the molecule is Cc1nc(N2CCC(C)CC2)ncc1C(=O)N1Cc2ccccc2NCC[C@@H]2CC[C@H](C1)N2Cc1ccccc1. The Morgan fingerprint density at radius 2 is 1.70 bits per heavy atom. The van der Waals surface area contributed by atoms with Gasteiger partial charge in [-0.2, -0.15) is 0 Å². The zero-order valence-corrected chi connectivity index (χ0v) is 23.9. The fourth-order valence-corrected chi connectivity index (χ4v) is 6.65. The Hall–Kier alpha value is -3.45. The number of carbonyl (C=O) groups excluding carboxylic acids is 1. The molecule has 1 amide bonds. The van der Waals surface area contributed by atoms with E-state index in [0.717, 1.165) is 87.1 Å². The number of piperidine rings is 1. The van der Waals surface area contributed by atoms with E-state index in [1.165, 1.54) is 5.56 Å². The zero-order valence-electron chi connectivity index (χ0n) is 23.9. The van der Waals surface area contributed by atoms with Crippen molar-refractivity contribution in [3.8, 4) is 0 Å². The third-order valence-electron chi connectivity index (χ3n) is 9.13. The lowest BCUT2D eigenvalue weighted by Gasteiger charge is -2.34. The molecule has 0 aliphatic carbocycles. The predicted octanol–water partition coefficient (Wildman–Crippen LogP) is 5.51. The van der Waals surface area contributed by atoms with Gasteiger partial charge in [-0.1, -0.05) is 55.5 Å². The largest absolute Gasteiger partial charge is 0.385 e. The van der Waals surface area contributed by atoms with Crippen molar-refractivity contribution < 1.29 is 4.79 Å². The normalized spacial score (nSPS) is 22.4. The van der Waals surface area contributed by atoms with Gasteiger partial charge in [-0.25, -0.2) is 9.97 Å². The van der Waals surface area contributed by atoms with Crippen molar-refractivity contribution in [2.75, 3.05) is 36.4 Å². The highest BCUT2D eigenvalue weighted by Crippen LogP contribution is 2.32. The highest BCUT2D eigenvalue weighted by Gasteiger charge is 2.36. The molecule has 0 radical (unpaired) electrons. The Kier molecular flexibility index (Phi) is 8.00. The first-order valence-corrected chi connectivity index (χ1v) is 15.0. The van der Waals surface area contributed by atoms with Crippen molar-refractivity contribution >= 4 is 17.5 Å². The number of carbonyl (C=O) groups is 1. The van der Waals surface area contributed by atoms with Crippen LogP contribution in [0.1, 0.15) is 66.2 Å². The monoisotopic (exact) mass is 538 g/mol. The minimum atomic E-state index is 0.0217. The minimum Gasteiger partial charge on any atom is -0.385 e. The number of benzene rings is 2. The molecule has 1 N–H and O–H groups in total. The zero-order chi connectivity index (χ0) is 27.5. The summed E-state index contributed by atoms with van der Waals surface area (Å²) in [7, 11) is 0. The second kappa shape index (κ2) is 12.0. The van der Waals surface area contributed by atoms with Gasteiger partial charge in [0, 0.05) is 63.2 Å². The minimum absolute atomic E-state index is 0.0217. The van der Waals surface area contributed by atoms with Crippen LogP contribution < -0.4 is 10.2 Å². The average molecular weight is 539 g/mol. The molecule has 2 atom stereocenters. The van der Waals surface area contributed by atoms with Gasteiger partial charge in [0.05, 0.1) is 11.3 Å². The number of fused-ring (bicyclic) bond motifs is 3. The molecule has 6 rings (SSSR count). The molecule has 210 valence electrons. The molecule has 40 heavy (non-hydrogen) atoms. The first kappa shape index (κ1) is 26.8. The Balaban J connectivity index is 1.29. The molecule has 0 spiro atoms. The predicted molar refractivity (Wildman–Crippen MR) is 160 cm³/mol. The number of aromatic nitrogens is 2. The van der Waals surface area contributed by atoms with E-state index in [4.69, 9.17) is 9.97 Å². The molecule has 7 heteroatoms. The van der Waals surface area contributed by atoms with E-state index in [-0.39, 0.29) is 5.91 Å². The molecular formula is C33H42N6O. The topological polar surface area (TPSA) is 64.6 Å². The number of aryl methyl sites for hydroxylation is 1. The first-order valence-electron chi connectivity index (χ1n) is 15.0. The van der Waals surface area contributed by atoms with Crippen molar-refractivity contribution in [2.24, 2.45) is 5.92 Å². The fourth-order valence-electron chi connectivity index (χ4n) is 6.65. The number of para-hydroxylation sites is 1. The van der Waals surface area contributed by atoms with Crippen LogP contribution in [0.25, 0.3) is 0 Å². The summed E-state index contributed by atoms with van der Waals surface area (Å²) in [5, 5.41) is 3.69. The van der Waals surface area contributed by atoms with Gasteiger partial charge in [0.15, 0.2) is 0 Å². The van der Waals surface area contributed by atoms with Gasteiger partial charge in [0.2, 0.25) is 5.95 Å². The van der Waals surface area contributed by atoms with Crippen LogP contribution in [0.3, 0.4) is 0 Å². The van der Waals surface area contributed by atoms with Gasteiger partial charge in [0.1, 0.15) is 0 Å². The molecule has 2 saturated heterocycles. The number of nitrogens with one attached hydrogen (secondary N) is 1. The molecular weight excluding hydrogens is 496 g/mol. The maximum atomic E-state index is 14.2. The van der Waals surface area contributed by atoms with Crippen LogP contribution in [-0.2, 0) is 13.1 Å². The summed E-state index contributed by atoms with van der Waals surface area (Å²) >= 11 is 0. The third kappa shape index (κ3) is 5.85. The van der Waals surface area contributed by atoms with E-state index >= 15 is 0 Å². The van der Waals surface area contributed by atoms with Crippen molar-refractivity contribution in [1.82, 2.24) is 19.8 Å². The summed E-state index contributed by atoms with van der Waals surface area (Å²) in [5.41, 5.74) is 4.98. The number of anilines is 2. The second-order valence-corrected chi connectivity index (χ2v) is 11.9. The molecule has 7 nitrogen and oxygen atoms in total. The van der Waals surface area contributed by atoms with Gasteiger partial charge in [-0.3, -0.25) is 9.69 Å². The van der Waals surface area contributed by atoms with Crippen molar-refractivity contribution in [3.63, 3.8) is 0 Å². The van der Waals surface area contributed by atoms with Crippen LogP contribution in [-0.4, -0.2) is 63.9 Å². The van der Waals surface area contributed by atoms with E-state index in [1.54, 1.807) is 6.20 Å². The van der Waals surface area contributed by atoms with Gasteiger partial charge in [0.25, 0.3) is 5.91 Å². The number of amides is 1. The fraction of sp³-hybridized carbons (Fsp3) is 0.485. The molecule has 1 aromatic heterocycles. The summed E-state index contributed by atoms with van der Waals surface area (Å²) in [6.45, 7) is 9.32. The smallest absolute Gasteiger partial charge is 0.257 e. The lowest BCUT2D eigenvalue weighted by Crippen LogP contribution is -2.45. The molecule has 4 heterocycles. The van der Waals surface area contributed by atoms with E-state index in [2.05, 4.69) is 76.6 Å². The molecule has 0 saturated carbocycles. The van der Waals surface area contributed by atoms with Crippen LogP contribution >= 0.6 is 0 Å². The summed E-state index contributed by atoms with van der Waals surface area (Å²) in [6, 6.07) is 20.0. The first-order chi connectivity index (χ1) is 19.5. The molecule has 3 aliphatic rings. The molecule has 2 aromatic carbocycles. The molecule has 0 unspecified atom stereocenters. The Morgan fingerprint density at radius 1 is 0.950 bits per heavy atom. The maximum absolute atomic E-state index is 14.2. The quantitative estimate of drug-likeness (QED) is 0.473. The summed E-state index contributed by atoms with van der Waals surface area (Å²) in [5.74, 6) is 1.52. The van der Waals surface area contributed by atoms with Crippen LogP contribution in [0.15, 0.2) is 60.8 Å².